The lowest BCUT2D eigenvalue weighted by Gasteiger charge is -2.44. The molecule has 4 rings (SSSR count). The van der Waals surface area contributed by atoms with E-state index in [2.05, 4.69) is 27.6 Å². The second-order valence-corrected chi connectivity index (χ2v) is 8.95. The molecule has 2 heterocycles. The van der Waals surface area contributed by atoms with Gasteiger partial charge in [0, 0.05) is 37.7 Å². The Morgan fingerprint density at radius 3 is 2.66 bits per heavy atom. The van der Waals surface area contributed by atoms with Crippen molar-refractivity contribution >= 4 is 11.8 Å². The summed E-state index contributed by atoms with van der Waals surface area (Å²) in [6.07, 6.45) is 4.50. The summed E-state index contributed by atoms with van der Waals surface area (Å²) in [7, 11) is 1.65. The number of carbonyl (C=O) groups excluding carboxylic acids is 2. The lowest BCUT2D eigenvalue weighted by molar-refractivity contribution is -0.127. The Morgan fingerprint density at radius 2 is 2.00 bits per heavy atom. The van der Waals surface area contributed by atoms with Crippen LogP contribution < -0.4 is 5.32 Å². The van der Waals surface area contributed by atoms with Crippen LogP contribution in [-0.2, 0) is 19.7 Å². The van der Waals surface area contributed by atoms with Gasteiger partial charge in [-0.15, -0.1) is 0 Å². The number of benzene rings is 1. The SMILES string of the molecule is COCCO[C@H]1[C@H](NC(=O)C(C)C)c2ccccc2C12CCN(C(=O)c1cn[nH]c1)CC2. The van der Waals surface area contributed by atoms with Crippen LogP contribution in [0.15, 0.2) is 36.7 Å². The van der Waals surface area contributed by atoms with Gasteiger partial charge in [-0.2, -0.15) is 5.10 Å². The van der Waals surface area contributed by atoms with Crippen LogP contribution in [0.1, 0.15) is 54.2 Å². The van der Waals surface area contributed by atoms with Gasteiger partial charge in [0.15, 0.2) is 0 Å². The third-order valence-electron chi connectivity index (χ3n) is 6.77. The molecule has 1 aromatic carbocycles. The largest absolute Gasteiger partial charge is 0.382 e. The molecule has 0 saturated carbocycles. The molecule has 1 spiro atoms. The average molecular weight is 441 g/mol. The van der Waals surface area contributed by atoms with Crippen molar-refractivity contribution in [3.05, 3.63) is 53.3 Å². The van der Waals surface area contributed by atoms with E-state index in [-0.39, 0.29) is 35.3 Å². The van der Waals surface area contributed by atoms with Crippen LogP contribution in [0, 0.1) is 5.92 Å². The number of hydrogen-bond donors (Lipinski definition) is 2. The number of rotatable bonds is 7. The second-order valence-electron chi connectivity index (χ2n) is 8.95. The van der Waals surface area contributed by atoms with Crippen LogP contribution in [0.5, 0.6) is 0 Å². The Bertz CT molecular complexity index is 935. The topological polar surface area (TPSA) is 96.6 Å². The first-order valence-electron chi connectivity index (χ1n) is 11.3. The van der Waals surface area contributed by atoms with Crippen LogP contribution >= 0.6 is 0 Å². The predicted octanol–water partition coefficient (Wildman–Crippen LogP) is 2.44. The van der Waals surface area contributed by atoms with Gasteiger partial charge in [0.2, 0.25) is 5.91 Å². The Labute approximate surface area is 188 Å². The smallest absolute Gasteiger partial charge is 0.257 e. The van der Waals surface area contributed by atoms with E-state index in [9.17, 15) is 9.59 Å². The quantitative estimate of drug-likeness (QED) is 0.645. The molecule has 1 fully saturated rings. The minimum atomic E-state index is -0.271. The summed E-state index contributed by atoms with van der Waals surface area (Å²) < 4.78 is 11.6. The van der Waals surface area contributed by atoms with E-state index >= 15 is 0 Å². The Morgan fingerprint density at radius 1 is 1.25 bits per heavy atom. The van der Waals surface area contributed by atoms with Crippen LogP contribution in [0.4, 0.5) is 0 Å². The molecule has 1 aliphatic carbocycles. The zero-order chi connectivity index (χ0) is 22.7. The fourth-order valence-electron chi connectivity index (χ4n) is 5.06. The number of amides is 2. The average Bonchev–Trinajstić information content (AvgIpc) is 3.42. The summed E-state index contributed by atoms with van der Waals surface area (Å²) >= 11 is 0. The van der Waals surface area contributed by atoms with Crippen molar-refractivity contribution < 1.29 is 19.1 Å². The van der Waals surface area contributed by atoms with Crippen molar-refractivity contribution in [2.24, 2.45) is 5.92 Å². The molecule has 32 heavy (non-hydrogen) atoms. The van der Waals surface area contributed by atoms with Gasteiger partial charge in [-0.25, -0.2) is 0 Å². The number of hydrogen-bond acceptors (Lipinski definition) is 5. The van der Waals surface area contributed by atoms with Crippen molar-refractivity contribution in [2.45, 2.75) is 44.2 Å². The van der Waals surface area contributed by atoms with Gasteiger partial charge >= 0.3 is 0 Å². The number of aromatic amines is 1. The van der Waals surface area contributed by atoms with Gasteiger partial charge in [-0.05, 0) is 24.0 Å². The number of methoxy groups -OCH3 is 1. The van der Waals surface area contributed by atoms with Crippen LogP contribution in [-0.4, -0.2) is 66.4 Å². The van der Waals surface area contributed by atoms with E-state index in [0.717, 1.165) is 18.4 Å². The highest BCUT2D eigenvalue weighted by molar-refractivity contribution is 5.93. The van der Waals surface area contributed by atoms with Gasteiger partial charge in [0.05, 0.1) is 37.1 Å². The number of nitrogens with one attached hydrogen (secondary N) is 2. The van der Waals surface area contributed by atoms with Crippen molar-refractivity contribution in [3.8, 4) is 0 Å². The first-order valence-corrected chi connectivity index (χ1v) is 11.3. The third-order valence-corrected chi connectivity index (χ3v) is 6.77. The first kappa shape index (κ1) is 22.5. The normalized spacial score (nSPS) is 21.7. The summed E-state index contributed by atoms with van der Waals surface area (Å²) in [5, 5.41) is 9.85. The molecular formula is C24H32N4O4. The van der Waals surface area contributed by atoms with E-state index in [4.69, 9.17) is 9.47 Å². The fourth-order valence-corrected chi connectivity index (χ4v) is 5.06. The van der Waals surface area contributed by atoms with Crippen molar-refractivity contribution in [2.75, 3.05) is 33.4 Å². The molecule has 0 unspecified atom stereocenters. The number of aromatic nitrogens is 2. The van der Waals surface area contributed by atoms with Gasteiger partial charge in [-0.1, -0.05) is 38.1 Å². The molecule has 2 amide bonds. The molecule has 2 N–H and O–H groups in total. The summed E-state index contributed by atoms with van der Waals surface area (Å²) in [6.45, 7) is 5.96. The van der Waals surface area contributed by atoms with Crippen LogP contribution in [0.2, 0.25) is 0 Å². The fraction of sp³-hybridized carbons (Fsp3) is 0.542. The molecule has 2 aromatic rings. The Kier molecular flexibility index (Phi) is 6.62. The van der Waals surface area contributed by atoms with Gasteiger partial charge in [0.1, 0.15) is 0 Å². The maximum Gasteiger partial charge on any atom is 0.257 e. The Hall–Kier alpha value is -2.71. The zero-order valence-corrected chi connectivity index (χ0v) is 19.0. The zero-order valence-electron chi connectivity index (χ0n) is 19.0. The summed E-state index contributed by atoms with van der Waals surface area (Å²) in [5.41, 5.74) is 2.63. The maximum absolute atomic E-state index is 12.8. The first-order chi connectivity index (χ1) is 15.5. The minimum Gasteiger partial charge on any atom is -0.382 e. The highest BCUT2D eigenvalue weighted by atomic mass is 16.5. The molecule has 1 aromatic heterocycles. The van der Waals surface area contributed by atoms with Gasteiger partial charge in [0.25, 0.3) is 5.91 Å². The van der Waals surface area contributed by atoms with Crippen LogP contribution in [0.3, 0.4) is 0 Å². The molecule has 0 bridgehead atoms. The highest BCUT2D eigenvalue weighted by Gasteiger charge is 2.54. The van der Waals surface area contributed by atoms with Gasteiger partial charge < -0.3 is 19.7 Å². The molecule has 1 saturated heterocycles. The number of likely N-dealkylation sites (tertiary alicyclic amines) is 1. The van der Waals surface area contributed by atoms with E-state index in [1.807, 2.05) is 30.9 Å². The van der Waals surface area contributed by atoms with Crippen molar-refractivity contribution in [1.82, 2.24) is 20.4 Å². The van der Waals surface area contributed by atoms with E-state index < -0.39 is 0 Å². The van der Waals surface area contributed by atoms with Crippen molar-refractivity contribution in [1.29, 1.82) is 0 Å². The van der Waals surface area contributed by atoms with E-state index in [1.54, 1.807) is 19.5 Å². The van der Waals surface area contributed by atoms with Crippen molar-refractivity contribution in [3.63, 3.8) is 0 Å². The second kappa shape index (κ2) is 9.42. The molecule has 0 radical (unpaired) electrons. The Balaban J connectivity index is 1.63. The van der Waals surface area contributed by atoms with Crippen LogP contribution in [0.25, 0.3) is 0 Å². The number of H-pyrrole nitrogens is 1. The summed E-state index contributed by atoms with van der Waals surface area (Å²) in [4.78, 5) is 27.4. The molecule has 2 aliphatic rings. The predicted molar refractivity (Wildman–Crippen MR) is 119 cm³/mol. The van der Waals surface area contributed by atoms with E-state index in [0.29, 0.717) is 31.9 Å². The van der Waals surface area contributed by atoms with Gasteiger partial charge in [-0.3, -0.25) is 14.7 Å². The third kappa shape index (κ3) is 4.04. The standard InChI is InChI=1S/C24H32N4O4/c1-16(2)22(29)27-20-18-6-4-5-7-19(18)24(21(20)32-13-12-31-3)8-10-28(11-9-24)23(30)17-14-25-26-15-17/h4-7,14-16,20-21H,8-13H2,1-3H3,(H,25,26)(H,27,29)/t20-,21+/m1/s1. The number of ether oxygens (including phenoxy) is 2. The summed E-state index contributed by atoms with van der Waals surface area (Å²) in [5.74, 6) is -0.121. The maximum atomic E-state index is 12.8. The molecular weight excluding hydrogens is 408 g/mol. The number of carbonyl (C=O) groups is 2. The molecule has 2 atom stereocenters. The molecule has 172 valence electrons. The molecule has 8 nitrogen and oxygen atoms in total. The lowest BCUT2D eigenvalue weighted by Crippen LogP contribution is -2.52. The summed E-state index contributed by atoms with van der Waals surface area (Å²) in [6, 6.07) is 8.06. The van der Waals surface area contributed by atoms with E-state index in [1.165, 1.54) is 5.56 Å². The lowest BCUT2D eigenvalue weighted by atomic mass is 9.71. The number of piperidine rings is 1. The minimum absolute atomic E-state index is 0.00904. The number of nitrogens with zero attached hydrogens (tertiary/aromatic N) is 2. The molecule has 8 heteroatoms. The molecule has 1 aliphatic heterocycles. The number of fused-ring (bicyclic) bond motifs is 2. The highest BCUT2D eigenvalue weighted by Crippen LogP contribution is 2.52. The monoisotopic (exact) mass is 440 g/mol.